The largest absolute Gasteiger partial charge is 0.481 e. The maximum absolute atomic E-state index is 12.4. The number of rotatable bonds is 7. The molecule has 0 spiro atoms. The predicted molar refractivity (Wildman–Crippen MR) is 98.8 cm³/mol. The second-order valence-electron chi connectivity index (χ2n) is 7.89. The molecule has 1 aliphatic heterocycles. The lowest BCUT2D eigenvalue weighted by Crippen LogP contribution is -2.42. The van der Waals surface area contributed by atoms with Gasteiger partial charge >= 0.3 is 12.1 Å². The number of carbonyl (C=O) groups excluding carboxylic acids is 2. The highest BCUT2D eigenvalue weighted by atomic mass is 16.6. The second kappa shape index (κ2) is 9.78. The van der Waals surface area contributed by atoms with Gasteiger partial charge in [-0.05, 0) is 66.2 Å². The molecule has 1 heterocycles. The van der Waals surface area contributed by atoms with Gasteiger partial charge in [0.05, 0.1) is 0 Å². The van der Waals surface area contributed by atoms with Crippen LogP contribution in [0.4, 0.5) is 4.79 Å². The molecule has 0 aromatic heterocycles. The molecule has 2 amide bonds. The summed E-state index contributed by atoms with van der Waals surface area (Å²) in [5.74, 6) is -1.99. The highest BCUT2D eigenvalue weighted by Crippen LogP contribution is 2.26. The van der Waals surface area contributed by atoms with Crippen LogP contribution < -0.4 is 0 Å². The van der Waals surface area contributed by atoms with Crippen molar-refractivity contribution in [3.8, 4) is 0 Å². The van der Waals surface area contributed by atoms with Gasteiger partial charge in [-0.3, -0.25) is 9.59 Å². The molecule has 150 valence electrons. The predicted octanol–water partition coefficient (Wildman–Crippen LogP) is 2.98. The number of amides is 2. The fourth-order valence-electron chi connectivity index (χ4n) is 3.24. The number of carbonyl (C=O) groups is 3. The van der Waals surface area contributed by atoms with E-state index in [1.165, 1.54) is 0 Å². The van der Waals surface area contributed by atoms with Gasteiger partial charge < -0.3 is 19.6 Å². The number of carboxylic acids is 1. The van der Waals surface area contributed by atoms with Gasteiger partial charge in [-0.1, -0.05) is 0 Å². The highest BCUT2D eigenvalue weighted by molar-refractivity contribution is 5.96. The molecular weight excluding hydrogens is 336 g/mol. The van der Waals surface area contributed by atoms with Gasteiger partial charge in [-0.2, -0.15) is 0 Å². The number of aliphatic carboxylic acids is 1. The van der Waals surface area contributed by atoms with Gasteiger partial charge in [0.1, 0.15) is 11.5 Å². The first-order valence-corrected chi connectivity index (χ1v) is 9.58. The van der Waals surface area contributed by atoms with Crippen LogP contribution in [0.2, 0.25) is 0 Å². The van der Waals surface area contributed by atoms with E-state index in [2.05, 4.69) is 0 Å². The Kier molecular flexibility index (Phi) is 8.37. The smallest absolute Gasteiger partial charge is 0.410 e. The average molecular weight is 370 g/mol. The monoisotopic (exact) mass is 370 g/mol. The van der Waals surface area contributed by atoms with Gasteiger partial charge in [0.15, 0.2) is 0 Å². The van der Waals surface area contributed by atoms with E-state index >= 15 is 0 Å². The molecule has 26 heavy (non-hydrogen) atoms. The van der Waals surface area contributed by atoms with Crippen LogP contribution in [-0.4, -0.2) is 64.7 Å². The van der Waals surface area contributed by atoms with E-state index in [4.69, 9.17) is 4.74 Å². The Morgan fingerprint density at radius 3 is 2.12 bits per heavy atom. The Hall–Kier alpha value is -1.79. The summed E-state index contributed by atoms with van der Waals surface area (Å²) in [5.41, 5.74) is -0.507. The molecule has 1 unspecified atom stereocenters. The first-order valence-electron chi connectivity index (χ1n) is 9.58. The van der Waals surface area contributed by atoms with Crippen LogP contribution in [0, 0.1) is 11.8 Å². The summed E-state index contributed by atoms with van der Waals surface area (Å²) < 4.78 is 5.38. The van der Waals surface area contributed by atoms with Crippen LogP contribution in [-0.2, 0) is 14.3 Å². The number of ether oxygens (including phenoxy) is 1. The lowest BCUT2D eigenvalue weighted by molar-refractivity contribution is -0.151. The van der Waals surface area contributed by atoms with E-state index in [0.29, 0.717) is 44.9 Å². The summed E-state index contributed by atoms with van der Waals surface area (Å²) in [7, 11) is 0. The Morgan fingerprint density at radius 2 is 1.69 bits per heavy atom. The molecule has 0 aliphatic carbocycles. The van der Waals surface area contributed by atoms with Crippen molar-refractivity contribution in [2.24, 2.45) is 11.8 Å². The number of hydrogen-bond donors (Lipinski definition) is 1. The normalized spacial score (nSPS) is 16.9. The molecule has 1 rings (SSSR count). The van der Waals surface area contributed by atoms with E-state index in [1.807, 2.05) is 34.6 Å². The lowest BCUT2D eigenvalue weighted by Gasteiger charge is -2.33. The molecule has 0 bridgehead atoms. The number of carboxylic acid groups (broad SMARTS) is 1. The van der Waals surface area contributed by atoms with E-state index in [-0.39, 0.29) is 12.0 Å². The van der Waals surface area contributed by atoms with Gasteiger partial charge in [0.25, 0.3) is 0 Å². The van der Waals surface area contributed by atoms with Crippen LogP contribution >= 0.6 is 0 Å². The van der Waals surface area contributed by atoms with Gasteiger partial charge in [-0.15, -0.1) is 0 Å². The second-order valence-corrected chi connectivity index (χ2v) is 7.89. The number of likely N-dealkylation sites (tertiary alicyclic amines) is 1. The number of piperidine rings is 1. The van der Waals surface area contributed by atoms with E-state index < -0.39 is 17.5 Å². The van der Waals surface area contributed by atoms with Gasteiger partial charge in [-0.25, -0.2) is 4.79 Å². The zero-order valence-electron chi connectivity index (χ0n) is 16.8. The van der Waals surface area contributed by atoms with Crippen LogP contribution in [0.3, 0.4) is 0 Å². The number of nitrogens with zero attached hydrogens (tertiary/aromatic N) is 2. The van der Waals surface area contributed by atoms with Crippen LogP contribution in [0.5, 0.6) is 0 Å². The molecule has 7 nitrogen and oxygen atoms in total. The van der Waals surface area contributed by atoms with Gasteiger partial charge in [0.2, 0.25) is 5.91 Å². The molecule has 1 fully saturated rings. The fraction of sp³-hybridized carbons (Fsp3) is 0.842. The minimum absolute atomic E-state index is 0.295. The number of hydrogen-bond acceptors (Lipinski definition) is 4. The zero-order valence-corrected chi connectivity index (χ0v) is 16.8. The third-order valence-corrected chi connectivity index (χ3v) is 4.80. The maximum atomic E-state index is 12.4. The van der Waals surface area contributed by atoms with Crippen LogP contribution in [0.15, 0.2) is 0 Å². The topological polar surface area (TPSA) is 87.2 Å². The van der Waals surface area contributed by atoms with Crippen molar-refractivity contribution >= 4 is 18.0 Å². The third kappa shape index (κ3) is 6.84. The molecule has 1 aliphatic rings. The third-order valence-electron chi connectivity index (χ3n) is 4.80. The molecule has 1 N–H and O–H groups in total. The summed E-state index contributed by atoms with van der Waals surface area (Å²) in [4.78, 5) is 39.2. The van der Waals surface area contributed by atoms with Crippen molar-refractivity contribution in [3.05, 3.63) is 0 Å². The highest BCUT2D eigenvalue weighted by Gasteiger charge is 2.32. The molecule has 0 radical (unpaired) electrons. The Bertz CT molecular complexity index is 489. The van der Waals surface area contributed by atoms with E-state index in [1.54, 1.807) is 9.80 Å². The quantitative estimate of drug-likeness (QED) is 0.696. The van der Waals surface area contributed by atoms with Gasteiger partial charge in [0, 0.05) is 26.2 Å². The SMILES string of the molecule is CCN(CC)C(=O)C(CCC1CCN(C(=O)OC(C)(C)C)CC1)C(=O)O. The van der Waals surface area contributed by atoms with E-state index in [9.17, 15) is 19.5 Å². The molecule has 0 aromatic carbocycles. The zero-order chi connectivity index (χ0) is 19.9. The standard InChI is InChI=1S/C19H34N2O5/c1-6-20(7-2)16(22)15(17(23)24)9-8-14-10-12-21(13-11-14)18(25)26-19(3,4)5/h14-15H,6-13H2,1-5H3,(H,23,24). The van der Waals surface area contributed by atoms with Crippen molar-refractivity contribution in [1.29, 1.82) is 0 Å². The van der Waals surface area contributed by atoms with E-state index in [0.717, 1.165) is 12.8 Å². The molecular formula is C19H34N2O5. The summed E-state index contributed by atoms with van der Waals surface area (Å²) in [6, 6.07) is 0. The summed E-state index contributed by atoms with van der Waals surface area (Å²) in [6.07, 6.45) is 2.36. The average Bonchev–Trinajstić information content (AvgIpc) is 2.54. The molecule has 1 saturated heterocycles. The maximum Gasteiger partial charge on any atom is 0.410 e. The van der Waals surface area contributed by atoms with Crippen molar-refractivity contribution in [1.82, 2.24) is 9.80 Å². The Labute approximate surface area is 156 Å². The summed E-state index contributed by atoms with van der Waals surface area (Å²) in [6.45, 7) is 11.5. The molecule has 0 aromatic rings. The minimum atomic E-state index is -1.05. The molecule has 7 heteroatoms. The fourth-order valence-corrected chi connectivity index (χ4v) is 3.24. The Balaban J connectivity index is 2.49. The van der Waals surface area contributed by atoms with Crippen molar-refractivity contribution < 1.29 is 24.2 Å². The lowest BCUT2D eigenvalue weighted by atomic mass is 9.88. The first-order chi connectivity index (χ1) is 12.1. The Morgan fingerprint density at radius 1 is 1.15 bits per heavy atom. The summed E-state index contributed by atoms with van der Waals surface area (Å²) in [5, 5.41) is 9.42. The molecule has 0 saturated carbocycles. The van der Waals surface area contributed by atoms with Crippen LogP contribution in [0.25, 0.3) is 0 Å². The first kappa shape index (κ1) is 22.3. The van der Waals surface area contributed by atoms with Crippen LogP contribution in [0.1, 0.15) is 60.3 Å². The van der Waals surface area contributed by atoms with Crippen molar-refractivity contribution in [2.45, 2.75) is 65.9 Å². The minimum Gasteiger partial charge on any atom is -0.481 e. The van der Waals surface area contributed by atoms with Crippen molar-refractivity contribution in [2.75, 3.05) is 26.2 Å². The molecule has 1 atom stereocenters. The van der Waals surface area contributed by atoms with Crippen molar-refractivity contribution in [3.63, 3.8) is 0 Å². The summed E-state index contributed by atoms with van der Waals surface area (Å²) >= 11 is 0.